The zero-order valence-electron chi connectivity index (χ0n) is 22.2. The molecule has 0 unspecified atom stereocenters. The molecule has 33 heavy (non-hydrogen) atoms. The topological polar surface area (TPSA) is 49.7 Å². The van der Waals surface area contributed by atoms with E-state index in [-0.39, 0.29) is 24.4 Å². The number of unbranched alkanes of at least 4 members (excludes halogenated alkanes) is 17. The third kappa shape index (κ3) is 16.8. The Hall–Kier alpha value is -0.380. The van der Waals surface area contributed by atoms with Gasteiger partial charge in [0.15, 0.2) is 0 Å². The van der Waals surface area contributed by atoms with Crippen LogP contribution >= 0.6 is 0 Å². The van der Waals surface area contributed by atoms with Crippen molar-refractivity contribution in [3.63, 3.8) is 0 Å². The van der Waals surface area contributed by atoms with E-state index >= 15 is 0 Å². The van der Waals surface area contributed by atoms with Crippen molar-refractivity contribution in [1.29, 1.82) is 0 Å². The van der Waals surface area contributed by atoms with E-state index in [2.05, 4.69) is 13.5 Å². The molecule has 2 N–H and O–H groups in total. The molecular weight excluding hydrogens is 408 g/mol. The van der Waals surface area contributed by atoms with Gasteiger partial charge >= 0.3 is 0 Å². The van der Waals surface area contributed by atoms with E-state index < -0.39 is 0 Å². The van der Waals surface area contributed by atoms with E-state index in [1.54, 1.807) is 0 Å². The summed E-state index contributed by atoms with van der Waals surface area (Å²) < 4.78 is 6.06. The first-order chi connectivity index (χ1) is 16.2. The van der Waals surface area contributed by atoms with Crippen LogP contribution in [0.3, 0.4) is 0 Å². The Labute approximate surface area is 206 Å². The van der Waals surface area contributed by atoms with Gasteiger partial charge in [-0.25, -0.2) is 0 Å². The van der Waals surface area contributed by atoms with Crippen molar-refractivity contribution in [2.75, 3.05) is 0 Å². The standard InChI is InChI=1S/C30H58O3/c1-3-5-7-9-11-13-15-17-19-21-23-27(31)29-25-26-30(33-29)28(32)24-22-20-18-16-14-12-10-8-6-4-2/h3,27-32H,1,4-26H2,2H3/t27-,28+,29-,30+/m1/s1. The van der Waals surface area contributed by atoms with Gasteiger partial charge in [0.05, 0.1) is 24.4 Å². The summed E-state index contributed by atoms with van der Waals surface area (Å²) in [4.78, 5) is 0. The SMILES string of the molecule is C=CCCCCCCCCCC[C@@H](O)[C@H]1CC[C@@H]([C@@H](O)CCCCCCCCCCCC)O1. The lowest BCUT2D eigenvalue weighted by Gasteiger charge is -2.22. The molecule has 0 amide bonds. The quantitative estimate of drug-likeness (QED) is 0.110. The number of ether oxygens (including phenoxy) is 1. The minimum atomic E-state index is -0.363. The summed E-state index contributed by atoms with van der Waals surface area (Å²) in [5.41, 5.74) is 0. The fraction of sp³-hybridized carbons (Fsp3) is 0.933. The van der Waals surface area contributed by atoms with Crippen LogP contribution in [-0.4, -0.2) is 34.6 Å². The highest BCUT2D eigenvalue weighted by Crippen LogP contribution is 2.28. The van der Waals surface area contributed by atoms with Crippen LogP contribution in [-0.2, 0) is 4.74 Å². The maximum absolute atomic E-state index is 10.5. The van der Waals surface area contributed by atoms with Crippen LogP contribution in [0, 0.1) is 0 Å². The first-order valence-corrected chi connectivity index (χ1v) is 14.8. The summed E-state index contributed by atoms with van der Waals surface area (Å²) in [5, 5.41) is 21.0. The van der Waals surface area contributed by atoms with Crippen LogP contribution < -0.4 is 0 Å². The molecule has 0 aromatic carbocycles. The maximum atomic E-state index is 10.5. The highest BCUT2D eigenvalue weighted by atomic mass is 16.5. The maximum Gasteiger partial charge on any atom is 0.0840 e. The Morgan fingerprint density at radius 2 is 1.00 bits per heavy atom. The molecule has 3 nitrogen and oxygen atoms in total. The third-order valence-electron chi connectivity index (χ3n) is 7.46. The smallest absolute Gasteiger partial charge is 0.0840 e. The lowest BCUT2D eigenvalue weighted by Crippen LogP contribution is -2.31. The fourth-order valence-electron chi connectivity index (χ4n) is 5.17. The van der Waals surface area contributed by atoms with Gasteiger partial charge in [0, 0.05) is 0 Å². The van der Waals surface area contributed by atoms with Crippen LogP contribution in [0.5, 0.6) is 0 Å². The Bertz CT molecular complexity index is 425. The van der Waals surface area contributed by atoms with Gasteiger partial charge in [0.1, 0.15) is 0 Å². The van der Waals surface area contributed by atoms with Gasteiger partial charge in [-0.1, -0.05) is 122 Å². The van der Waals surface area contributed by atoms with Gasteiger partial charge in [-0.15, -0.1) is 6.58 Å². The number of hydrogen-bond acceptors (Lipinski definition) is 3. The molecule has 1 aliphatic rings. The van der Waals surface area contributed by atoms with Crippen molar-refractivity contribution in [3.05, 3.63) is 12.7 Å². The van der Waals surface area contributed by atoms with Gasteiger partial charge in [-0.05, 0) is 38.5 Å². The van der Waals surface area contributed by atoms with Crippen molar-refractivity contribution in [3.8, 4) is 0 Å². The molecule has 1 saturated heterocycles. The number of aliphatic hydroxyl groups is 2. The summed E-state index contributed by atoms with van der Waals surface area (Å²) in [7, 11) is 0. The summed E-state index contributed by atoms with van der Waals surface area (Å²) in [6.07, 6.45) is 29.2. The monoisotopic (exact) mass is 466 g/mol. The zero-order chi connectivity index (χ0) is 24.0. The minimum Gasteiger partial charge on any atom is -0.390 e. The van der Waals surface area contributed by atoms with Gasteiger partial charge in [-0.3, -0.25) is 0 Å². The van der Waals surface area contributed by atoms with E-state index in [1.807, 2.05) is 6.08 Å². The first kappa shape index (κ1) is 30.7. The van der Waals surface area contributed by atoms with Crippen LogP contribution in [0.25, 0.3) is 0 Å². The predicted molar refractivity (Wildman–Crippen MR) is 143 cm³/mol. The summed E-state index contributed by atoms with van der Waals surface area (Å²) >= 11 is 0. The number of allylic oxidation sites excluding steroid dienone is 1. The Balaban J connectivity index is 1.95. The van der Waals surface area contributed by atoms with Crippen molar-refractivity contribution in [1.82, 2.24) is 0 Å². The minimum absolute atomic E-state index is 0.0655. The molecule has 0 saturated carbocycles. The van der Waals surface area contributed by atoms with Crippen molar-refractivity contribution in [2.45, 2.75) is 179 Å². The zero-order valence-corrected chi connectivity index (χ0v) is 22.2. The van der Waals surface area contributed by atoms with Crippen LogP contribution in [0.4, 0.5) is 0 Å². The number of aliphatic hydroxyl groups excluding tert-OH is 2. The van der Waals surface area contributed by atoms with E-state index in [1.165, 1.54) is 103 Å². The molecule has 1 heterocycles. The first-order valence-electron chi connectivity index (χ1n) is 14.8. The molecule has 0 aliphatic carbocycles. The molecule has 196 valence electrons. The molecule has 1 rings (SSSR count). The molecule has 1 fully saturated rings. The van der Waals surface area contributed by atoms with E-state index in [0.717, 1.165) is 44.9 Å². The molecule has 3 heteroatoms. The summed E-state index contributed by atoms with van der Waals surface area (Å²) in [6.45, 7) is 6.04. The molecule has 1 aliphatic heterocycles. The Kier molecular flexibility index (Phi) is 20.5. The Morgan fingerprint density at radius 3 is 1.39 bits per heavy atom. The highest BCUT2D eigenvalue weighted by Gasteiger charge is 2.33. The lowest BCUT2D eigenvalue weighted by atomic mass is 10.00. The van der Waals surface area contributed by atoms with Crippen LogP contribution in [0.1, 0.15) is 155 Å². The van der Waals surface area contributed by atoms with Gasteiger partial charge in [0.25, 0.3) is 0 Å². The van der Waals surface area contributed by atoms with Gasteiger partial charge < -0.3 is 14.9 Å². The lowest BCUT2D eigenvalue weighted by molar-refractivity contribution is -0.0786. The summed E-state index contributed by atoms with van der Waals surface area (Å²) in [6, 6.07) is 0. The molecule has 0 aromatic heterocycles. The second-order valence-corrected chi connectivity index (χ2v) is 10.6. The Morgan fingerprint density at radius 1 is 0.636 bits per heavy atom. The molecule has 0 aromatic rings. The van der Waals surface area contributed by atoms with Crippen molar-refractivity contribution >= 4 is 0 Å². The highest BCUT2D eigenvalue weighted by molar-refractivity contribution is 4.83. The van der Waals surface area contributed by atoms with Gasteiger partial charge in [0.2, 0.25) is 0 Å². The van der Waals surface area contributed by atoms with Gasteiger partial charge in [-0.2, -0.15) is 0 Å². The van der Waals surface area contributed by atoms with E-state index in [4.69, 9.17) is 4.74 Å². The molecule has 0 bridgehead atoms. The third-order valence-corrected chi connectivity index (χ3v) is 7.46. The number of rotatable bonds is 24. The van der Waals surface area contributed by atoms with E-state index in [0.29, 0.717) is 0 Å². The molecule has 4 atom stereocenters. The normalized spacial score (nSPS) is 20.2. The predicted octanol–water partition coefficient (Wildman–Crippen LogP) is 8.65. The average Bonchev–Trinajstić information content (AvgIpc) is 3.32. The summed E-state index contributed by atoms with van der Waals surface area (Å²) in [5.74, 6) is 0. The van der Waals surface area contributed by atoms with E-state index in [9.17, 15) is 10.2 Å². The number of hydrogen-bond donors (Lipinski definition) is 2. The van der Waals surface area contributed by atoms with Crippen molar-refractivity contribution < 1.29 is 14.9 Å². The van der Waals surface area contributed by atoms with Crippen molar-refractivity contribution in [2.24, 2.45) is 0 Å². The molecule has 0 radical (unpaired) electrons. The fourth-order valence-corrected chi connectivity index (χ4v) is 5.17. The average molecular weight is 467 g/mol. The second-order valence-electron chi connectivity index (χ2n) is 10.6. The van der Waals surface area contributed by atoms with Crippen LogP contribution in [0.15, 0.2) is 12.7 Å². The molecule has 0 spiro atoms. The second kappa shape index (κ2) is 22.1. The molecular formula is C30H58O3. The van der Waals surface area contributed by atoms with Crippen LogP contribution in [0.2, 0.25) is 0 Å². The largest absolute Gasteiger partial charge is 0.390 e.